The Bertz CT molecular complexity index is 316. The third-order valence-electron chi connectivity index (χ3n) is 7.74. The van der Waals surface area contributed by atoms with Crippen molar-refractivity contribution in [1.29, 1.82) is 0 Å². The lowest BCUT2D eigenvalue weighted by Gasteiger charge is -2.42. The minimum absolute atomic E-state index is 0.931. The van der Waals surface area contributed by atoms with Crippen molar-refractivity contribution in [2.24, 2.45) is 35.5 Å². The van der Waals surface area contributed by atoms with E-state index < -0.39 is 0 Å². The van der Waals surface area contributed by atoms with Crippen LogP contribution in [0.1, 0.15) is 131 Å². The van der Waals surface area contributed by atoms with Crippen molar-refractivity contribution in [2.45, 2.75) is 131 Å². The van der Waals surface area contributed by atoms with E-state index in [1.807, 2.05) is 0 Å². The van der Waals surface area contributed by atoms with E-state index in [-0.39, 0.29) is 0 Å². The average Bonchev–Trinajstić information content (AvgIpc) is 2.58. The molecule has 0 heterocycles. The Balaban J connectivity index is 2.52. The lowest BCUT2D eigenvalue weighted by atomic mass is 9.64. The maximum atomic E-state index is 2.63. The molecule has 0 radical (unpaired) electrons. The highest BCUT2D eigenvalue weighted by Crippen LogP contribution is 2.44. The topological polar surface area (TPSA) is 0 Å². The fraction of sp³-hybridized carbons (Fsp3) is 1.00. The first-order valence-corrected chi connectivity index (χ1v) is 12.5. The van der Waals surface area contributed by atoms with Crippen LogP contribution in [0.3, 0.4) is 0 Å². The molecule has 5 unspecified atom stereocenters. The van der Waals surface area contributed by atoms with Gasteiger partial charge >= 0.3 is 0 Å². The predicted molar refractivity (Wildman–Crippen MR) is 120 cm³/mol. The van der Waals surface area contributed by atoms with Crippen LogP contribution < -0.4 is 0 Å². The van der Waals surface area contributed by atoms with Gasteiger partial charge in [0.2, 0.25) is 0 Å². The molecule has 0 aromatic carbocycles. The summed E-state index contributed by atoms with van der Waals surface area (Å²) in [6.07, 6.45) is 20.4. The van der Waals surface area contributed by atoms with Gasteiger partial charge in [-0.25, -0.2) is 0 Å². The summed E-state index contributed by atoms with van der Waals surface area (Å²) >= 11 is 0. The SMILES string of the molecule is CCCCCCC(CC)C(C)C(CC(C)CCC(C)CCC)C1CCC1. The largest absolute Gasteiger partial charge is 0.0654 e. The molecular weight excluding hydrogens is 312 g/mol. The van der Waals surface area contributed by atoms with Crippen molar-refractivity contribution in [2.75, 3.05) is 0 Å². The van der Waals surface area contributed by atoms with Crippen LogP contribution in [0.4, 0.5) is 0 Å². The third kappa shape index (κ3) is 8.79. The molecule has 26 heavy (non-hydrogen) atoms. The molecule has 0 bridgehead atoms. The Kier molecular flexibility index (Phi) is 13.0. The highest BCUT2D eigenvalue weighted by molar-refractivity contribution is 4.85. The second-order valence-electron chi connectivity index (χ2n) is 10.0. The zero-order valence-electron chi connectivity index (χ0n) is 19.4. The van der Waals surface area contributed by atoms with Gasteiger partial charge in [-0.2, -0.15) is 0 Å². The molecule has 1 aliphatic carbocycles. The van der Waals surface area contributed by atoms with Crippen LogP contribution >= 0.6 is 0 Å². The normalized spacial score (nSPS) is 21.0. The molecule has 0 N–H and O–H groups in total. The van der Waals surface area contributed by atoms with Gasteiger partial charge in [0.05, 0.1) is 0 Å². The maximum Gasteiger partial charge on any atom is -0.0355 e. The number of rotatable bonds is 16. The summed E-state index contributed by atoms with van der Waals surface area (Å²) in [5, 5.41) is 0. The first-order chi connectivity index (χ1) is 12.5. The fourth-order valence-electron chi connectivity index (χ4n) is 5.51. The molecule has 0 aromatic heterocycles. The molecule has 156 valence electrons. The number of hydrogen-bond donors (Lipinski definition) is 0. The number of unbranched alkanes of at least 4 members (excludes halogenated alkanes) is 3. The Labute approximate surface area is 167 Å². The molecule has 1 rings (SSSR count). The Hall–Kier alpha value is 0. The molecule has 5 atom stereocenters. The van der Waals surface area contributed by atoms with Gasteiger partial charge in [0.1, 0.15) is 0 Å². The van der Waals surface area contributed by atoms with Crippen LogP contribution in [0.2, 0.25) is 0 Å². The van der Waals surface area contributed by atoms with Crippen molar-refractivity contribution in [3.8, 4) is 0 Å². The molecule has 0 spiro atoms. The Morgan fingerprint density at radius 1 is 0.731 bits per heavy atom. The summed E-state index contributed by atoms with van der Waals surface area (Å²) in [7, 11) is 0. The lowest BCUT2D eigenvalue weighted by molar-refractivity contribution is 0.0849. The lowest BCUT2D eigenvalue weighted by Crippen LogP contribution is -2.32. The van der Waals surface area contributed by atoms with Gasteiger partial charge in [-0.05, 0) is 41.9 Å². The number of hydrogen-bond acceptors (Lipinski definition) is 0. The summed E-state index contributed by atoms with van der Waals surface area (Å²) in [5.41, 5.74) is 0. The first kappa shape index (κ1) is 24.0. The molecule has 1 saturated carbocycles. The molecule has 1 aliphatic rings. The zero-order chi connectivity index (χ0) is 19.4. The van der Waals surface area contributed by atoms with Crippen molar-refractivity contribution in [3.05, 3.63) is 0 Å². The molecule has 0 aliphatic heterocycles. The summed E-state index contributed by atoms with van der Waals surface area (Å²) in [6.45, 7) is 14.8. The van der Waals surface area contributed by atoms with Gasteiger partial charge < -0.3 is 0 Å². The zero-order valence-corrected chi connectivity index (χ0v) is 19.4. The van der Waals surface area contributed by atoms with E-state index in [1.54, 1.807) is 0 Å². The minimum atomic E-state index is 0.931. The highest BCUT2D eigenvalue weighted by atomic mass is 14.4. The van der Waals surface area contributed by atoms with Crippen LogP contribution in [0.25, 0.3) is 0 Å². The molecular formula is C26H52. The van der Waals surface area contributed by atoms with Gasteiger partial charge in [0, 0.05) is 0 Å². The van der Waals surface area contributed by atoms with E-state index in [0.717, 1.165) is 35.5 Å². The van der Waals surface area contributed by atoms with E-state index in [2.05, 4.69) is 41.5 Å². The fourth-order valence-corrected chi connectivity index (χ4v) is 5.51. The maximum absolute atomic E-state index is 2.63. The molecule has 0 amide bonds. The van der Waals surface area contributed by atoms with Crippen LogP contribution in [0.5, 0.6) is 0 Å². The van der Waals surface area contributed by atoms with Gasteiger partial charge in [0.25, 0.3) is 0 Å². The van der Waals surface area contributed by atoms with Gasteiger partial charge in [0.15, 0.2) is 0 Å². The Morgan fingerprint density at radius 2 is 1.42 bits per heavy atom. The van der Waals surface area contributed by atoms with Crippen LogP contribution in [-0.4, -0.2) is 0 Å². The monoisotopic (exact) mass is 364 g/mol. The second-order valence-corrected chi connectivity index (χ2v) is 10.0. The summed E-state index contributed by atoms with van der Waals surface area (Å²) < 4.78 is 0. The van der Waals surface area contributed by atoms with Crippen LogP contribution in [-0.2, 0) is 0 Å². The minimum Gasteiger partial charge on any atom is -0.0654 e. The van der Waals surface area contributed by atoms with Crippen molar-refractivity contribution in [3.63, 3.8) is 0 Å². The standard InChI is InChI=1S/C26H52/c1-7-10-11-12-15-24(9-3)23(6)26(25-16-13-17-25)20-22(5)19-18-21(4)14-8-2/h21-26H,7-20H2,1-6H3. The van der Waals surface area contributed by atoms with Crippen molar-refractivity contribution >= 4 is 0 Å². The quantitative estimate of drug-likeness (QED) is 0.239. The van der Waals surface area contributed by atoms with Crippen LogP contribution in [0.15, 0.2) is 0 Å². The molecule has 1 fully saturated rings. The van der Waals surface area contributed by atoms with E-state index in [4.69, 9.17) is 0 Å². The van der Waals surface area contributed by atoms with E-state index in [9.17, 15) is 0 Å². The van der Waals surface area contributed by atoms with Gasteiger partial charge in [-0.15, -0.1) is 0 Å². The molecule has 0 saturated heterocycles. The molecule has 0 nitrogen and oxygen atoms in total. The summed E-state index contributed by atoms with van der Waals surface area (Å²) in [5.74, 6) is 5.86. The predicted octanol–water partition coefficient (Wildman–Crippen LogP) is 9.28. The molecule has 0 heteroatoms. The van der Waals surface area contributed by atoms with Crippen LogP contribution in [0, 0.1) is 35.5 Å². The van der Waals surface area contributed by atoms with E-state index in [1.165, 1.54) is 89.9 Å². The van der Waals surface area contributed by atoms with Crippen molar-refractivity contribution in [1.82, 2.24) is 0 Å². The first-order valence-electron chi connectivity index (χ1n) is 12.5. The molecule has 0 aromatic rings. The smallest absolute Gasteiger partial charge is 0.0355 e. The van der Waals surface area contributed by atoms with E-state index in [0.29, 0.717) is 0 Å². The average molecular weight is 365 g/mol. The second kappa shape index (κ2) is 14.1. The van der Waals surface area contributed by atoms with Gasteiger partial charge in [-0.1, -0.05) is 125 Å². The van der Waals surface area contributed by atoms with Crippen molar-refractivity contribution < 1.29 is 0 Å². The summed E-state index contributed by atoms with van der Waals surface area (Å²) in [6, 6.07) is 0. The third-order valence-corrected chi connectivity index (χ3v) is 7.74. The summed E-state index contributed by atoms with van der Waals surface area (Å²) in [4.78, 5) is 0. The Morgan fingerprint density at radius 3 is 1.96 bits per heavy atom. The van der Waals surface area contributed by atoms with Gasteiger partial charge in [-0.3, -0.25) is 0 Å². The highest BCUT2D eigenvalue weighted by Gasteiger charge is 2.34. The van der Waals surface area contributed by atoms with E-state index >= 15 is 0 Å².